The predicted octanol–water partition coefficient (Wildman–Crippen LogP) is 6.79. The first-order chi connectivity index (χ1) is 14.3. The zero-order chi connectivity index (χ0) is 19.6. The smallest absolute Gasteiger partial charge is 0.164 e. The van der Waals surface area contributed by atoms with Crippen LogP contribution >= 0.6 is 22.9 Å². The van der Waals surface area contributed by atoms with Gasteiger partial charge in [-0.05, 0) is 47.8 Å². The van der Waals surface area contributed by atoms with Crippen LogP contribution in [-0.2, 0) is 0 Å². The van der Waals surface area contributed by atoms with Gasteiger partial charge in [-0.3, -0.25) is 4.90 Å². The highest BCUT2D eigenvalue weighted by molar-refractivity contribution is 7.10. The number of rotatable bonds is 4. The Morgan fingerprint density at radius 3 is 2.07 bits per heavy atom. The van der Waals surface area contributed by atoms with Crippen molar-refractivity contribution in [2.75, 3.05) is 9.91 Å². The highest BCUT2D eigenvalue weighted by Gasteiger charge is 2.38. The molecule has 5 rings (SSSR count). The molecule has 1 atom stereocenters. The molecule has 0 N–H and O–H groups in total. The number of anilines is 2. The van der Waals surface area contributed by atoms with E-state index in [1.54, 1.807) is 11.3 Å². The second-order valence-corrected chi connectivity index (χ2v) is 8.12. The highest BCUT2D eigenvalue weighted by atomic mass is 35.5. The number of halogens is 1. The van der Waals surface area contributed by atoms with Gasteiger partial charge in [0.15, 0.2) is 12.0 Å². The van der Waals surface area contributed by atoms with Crippen LogP contribution in [-0.4, -0.2) is 5.84 Å². The zero-order valence-electron chi connectivity index (χ0n) is 15.5. The Bertz CT molecular complexity index is 1110. The van der Waals surface area contributed by atoms with Crippen LogP contribution in [0.1, 0.15) is 16.6 Å². The first-order valence-electron chi connectivity index (χ1n) is 9.38. The zero-order valence-corrected chi connectivity index (χ0v) is 17.1. The lowest BCUT2D eigenvalue weighted by Gasteiger charge is -2.31. The fourth-order valence-electron chi connectivity index (χ4n) is 3.54. The predicted molar refractivity (Wildman–Crippen MR) is 123 cm³/mol. The van der Waals surface area contributed by atoms with Crippen LogP contribution in [0.3, 0.4) is 0 Å². The van der Waals surface area contributed by atoms with Gasteiger partial charge in [-0.15, -0.1) is 11.3 Å². The van der Waals surface area contributed by atoms with Gasteiger partial charge in [0.2, 0.25) is 0 Å². The van der Waals surface area contributed by atoms with Crippen molar-refractivity contribution in [3.63, 3.8) is 0 Å². The molecule has 1 aliphatic heterocycles. The Morgan fingerprint density at radius 2 is 1.41 bits per heavy atom. The minimum atomic E-state index is -0.0752. The molecule has 3 nitrogen and oxygen atoms in total. The van der Waals surface area contributed by atoms with E-state index in [1.807, 2.05) is 48.5 Å². The number of hydrazone groups is 1. The van der Waals surface area contributed by atoms with E-state index in [-0.39, 0.29) is 6.17 Å². The summed E-state index contributed by atoms with van der Waals surface area (Å²) in [4.78, 5) is 3.50. The molecule has 0 amide bonds. The molecule has 0 saturated heterocycles. The summed E-state index contributed by atoms with van der Waals surface area (Å²) in [7, 11) is 0. The van der Waals surface area contributed by atoms with E-state index in [2.05, 4.69) is 63.8 Å². The number of thiophene rings is 1. The lowest BCUT2D eigenvalue weighted by Crippen LogP contribution is -2.35. The number of amidine groups is 1. The number of para-hydroxylation sites is 1. The number of hydrogen-bond donors (Lipinski definition) is 0. The molecular formula is C24H18ClN3S. The van der Waals surface area contributed by atoms with Gasteiger partial charge < -0.3 is 0 Å². The van der Waals surface area contributed by atoms with Gasteiger partial charge in [0, 0.05) is 21.2 Å². The standard InChI is InChI=1S/C24H18ClN3S/c25-19-13-15-20(16-14-19)27-23(18-8-3-1-4-9-18)26-28(21-10-5-2-6-11-21)24(27)22-12-7-17-29-22/h1-17,24H. The van der Waals surface area contributed by atoms with Crippen molar-refractivity contribution in [1.82, 2.24) is 0 Å². The first-order valence-corrected chi connectivity index (χ1v) is 10.6. The fraction of sp³-hybridized carbons (Fsp3) is 0.0417. The van der Waals surface area contributed by atoms with Gasteiger partial charge in [0.25, 0.3) is 0 Å². The molecule has 0 saturated carbocycles. The third kappa shape index (κ3) is 3.41. The highest BCUT2D eigenvalue weighted by Crippen LogP contribution is 2.41. The largest absolute Gasteiger partial charge is 0.297 e. The van der Waals surface area contributed by atoms with Gasteiger partial charge in [0.1, 0.15) is 0 Å². The van der Waals surface area contributed by atoms with Crippen molar-refractivity contribution in [2.45, 2.75) is 6.17 Å². The maximum Gasteiger partial charge on any atom is 0.164 e. The summed E-state index contributed by atoms with van der Waals surface area (Å²) in [6.45, 7) is 0. The fourth-order valence-corrected chi connectivity index (χ4v) is 4.47. The molecule has 0 spiro atoms. The molecular weight excluding hydrogens is 398 g/mol. The summed E-state index contributed by atoms with van der Waals surface area (Å²) in [5.41, 5.74) is 3.17. The monoisotopic (exact) mass is 415 g/mol. The lowest BCUT2D eigenvalue weighted by atomic mass is 10.1. The summed E-state index contributed by atoms with van der Waals surface area (Å²) in [6.07, 6.45) is -0.0752. The molecule has 142 valence electrons. The molecule has 1 aliphatic rings. The molecule has 2 heterocycles. The average Bonchev–Trinajstić information content (AvgIpc) is 3.43. The van der Waals surface area contributed by atoms with Crippen LogP contribution in [0, 0.1) is 0 Å². The van der Waals surface area contributed by atoms with E-state index in [0.717, 1.165) is 27.8 Å². The van der Waals surface area contributed by atoms with Crippen LogP contribution in [0.15, 0.2) is 108 Å². The van der Waals surface area contributed by atoms with Crippen LogP contribution in [0.2, 0.25) is 5.02 Å². The van der Waals surface area contributed by atoms with Crippen LogP contribution < -0.4 is 9.91 Å². The summed E-state index contributed by atoms with van der Waals surface area (Å²) in [5.74, 6) is 0.912. The topological polar surface area (TPSA) is 18.8 Å². The molecule has 5 heteroatoms. The van der Waals surface area contributed by atoms with E-state index in [4.69, 9.17) is 16.7 Å². The van der Waals surface area contributed by atoms with Crippen molar-refractivity contribution in [2.24, 2.45) is 5.10 Å². The van der Waals surface area contributed by atoms with Crippen molar-refractivity contribution in [1.29, 1.82) is 0 Å². The van der Waals surface area contributed by atoms with Gasteiger partial charge >= 0.3 is 0 Å². The van der Waals surface area contributed by atoms with Crippen LogP contribution in [0.25, 0.3) is 0 Å². The van der Waals surface area contributed by atoms with E-state index in [9.17, 15) is 0 Å². The normalized spacial score (nSPS) is 16.2. The van der Waals surface area contributed by atoms with Crippen molar-refractivity contribution in [3.05, 3.63) is 118 Å². The molecule has 29 heavy (non-hydrogen) atoms. The Labute approximate surface area is 179 Å². The van der Waals surface area contributed by atoms with Crippen molar-refractivity contribution >= 4 is 40.1 Å². The summed E-state index contributed by atoms with van der Waals surface area (Å²) in [6, 6.07) is 32.8. The van der Waals surface area contributed by atoms with E-state index >= 15 is 0 Å². The first kappa shape index (κ1) is 18.0. The van der Waals surface area contributed by atoms with E-state index < -0.39 is 0 Å². The second-order valence-electron chi connectivity index (χ2n) is 6.71. The van der Waals surface area contributed by atoms with Gasteiger partial charge in [-0.25, -0.2) is 5.01 Å². The van der Waals surface area contributed by atoms with E-state index in [0.29, 0.717) is 0 Å². The Hall–Kier alpha value is -3.08. The molecule has 1 aromatic heterocycles. The number of benzene rings is 3. The molecule has 1 unspecified atom stereocenters. The van der Waals surface area contributed by atoms with Crippen molar-refractivity contribution in [3.8, 4) is 0 Å². The minimum Gasteiger partial charge on any atom is -0.297 e. The second kappa shape index (κ2) is 7.74. The van der Waals surface area contributed by atoms with Crippen LogP contribution in [0.4, 0.5) is 11.4 Å². The Balaban J connectivity index is 1.71. The molecule has 0 aliphatic carbocycles. The molecule has 0 radical (unpaired) electrons. The Morgan fingerprint density at radius 1 is 0.724 bits per heavy atom. The number of nitrogens with zero attached hydrogens (tertiary/aromatic N) is 3. The molecule has 3 aromatic carbocycles. The number of hydrogen-bond acceptors (Lipinski definition) is 4. The third-order valence-corrected chi connectivity index (χ3v) is 6.03. The van der Waals surface area contributed by atoms with Crippen LogP contribution in [0.5, 0.6) is 0 Å². The SMILES string of the molecule is Clc1ccc(N2C(c3ccccc3)=NN(c3ccccc3)C2c2cccs2)cc1. The molecule has 0 bridgehead atoms. The summed E-state index contributed by atoms with van der Waals surface area (Å²) < 4.78 is 0. The quantitative estimate of drug-likeness (QED) is 0.365. The minimum absolute atomic E-state index is 0.0752. The van der Waals surface area contributed by atoms with E-state index in [1.165, 1.54) is 4.88 Å². The molecule has 0 fully saturated rings. The maximum atomic E-state index is 6.18. The summed E-state index contributed by atoms with van der Waals surface area (Å²) >= 11 is 7.91. The molecule has 4 aromatic rings. The van der Waals surface area contributed by atoms with Gasteiger partial charge in [-0.1, -0.05) is 66.2 Å². The average molecular weight is 416 g/mol. The Kier molecular flexibility index (Phi) is 4.80. The third-order valence-electron chi connectivity index (χ3n) is 4.86. The maximum absolute atomic E-state index is 6.18. The lowest BCUT2D eigenvalue weighted by molar-refractivity contribution is 0.716. The summed E-state index contributed by atoms with van der Waals surface area (Å²) in [5, 5.41) is 10.0. The van der Waals surface area contributed by atoms with Crippen molar-refractivity contribution < 1.29 is 0 Å². The van der Waals surface area contributed by atoms with Gasteiger partial charge in [0.05, 0.1) is 5.69 Å². The van der Waals surface area contributed by atoms with Gasteiger partial charge in [-0.2, -0.15) is 5.10 Å².